The fourth-order valence-corrected chi connectivity index (χ4v) is 2.39. The van der Waals surface area contributed by atoms with E-state index in [2.05, 4.69) is 0 Å². The quantitative estimate of drug-likeness (QED) is 0.672. The van der Waals surface area contributed by atoms with Crippen molar-refractivity contribution >= 4 is 11.9 Å². The highest BCUT2D eigenvalue weighted by Crippen LogP contribution is 2.39. The van der Waals surface area contributed by atoms with Gasteiger partial charge in [-0.3, -0.25) is 4.79 Å². The van der Waals surface area contributed by atoms with Gasteiger partial charge in [0.25, 0.3) is 0 Å². The molecule has 0 bridgehead atoms. The van der Waals surface area contributed by atoms with Crippen LogP contribution >= 0.6 is 0 Å². The molecule has 1 aliphatic rings. The Morgan fingerprint density at radius 1 is 1.12 bits per heavy atom. The molecule has 24 heavy (non-hydrogen) atoms. The van der Waals surface area contributed by atoms with Crippen LogP contribution in [-0.4, -0.2) is 31.9 Å². The minimum Gasteiger partial charge on any atom is -0.504 e. The standard InChI is InChI=1S/C18H16O6/c1-21-15-8-5-12(17(20)18(15)22-2)13(19)6-3-11-4-7-14-16(9-11)24-10-23-14/h3-9,20H,10H2,1-2H3/b6-3+. The first-order valence-corrected chi connectivity index (χ1v) is 7.20. The van der Waals surface area contributed by atoms with Crippen LogP contribution in [0.5, 0.6) is 28.7 Å². The van der Waals surface area contributed by atoms with Crippen molar-refractivity contribution in [2.24, 2.45) is 0 Å². The molecule has 0 radical (unpaired) electrons. The Balaban J connectivity index is 1.85. The second-order valence-electron chi connectivity index (χ2n) is 5.01. The normalized spacial score (nSPS) is 12.4. The molecule has 0 aliphatic carbocycles. The lowest BCUT2D eigenvalue weighted by Gasteiger charge is -2.11. The molecule has 3 rings (SSSR count). The zero-order valence-corrected chi connectivity index (χ0v) is 13.2. The summed E-state index contributed by atoms with van der Waals surface area (Å²) >= 11 is 0. The van der Waals surface area contributed by atoms with E-state index < -0.39 is 0 Å². The fraction of sp³-hybridized carbons (Fsp3) is 0.167. The van der Waals surface area contributed by atoms with E-state index in [1.54, 1.807) is 24.3 Å². The summed E-state index contributed by atoms with van der Waals surface area (Å²) in [5.74, 6) is 1.18. The van der Waals surface area contributed by atoms with Crippen LogP contribution in [0.2, 0.25) is 0 Å². The maximum absolute atomic E-state index is 12.3. The van der Waals surface area contributed by atoms with Gasteiger partial charge in [-0.25, -0.2) is 0 Å². The molecular formula is C18H16O6. The van der Waals surface area contributed by atoms with E-state index in [1.165, 1.54) is 26.4 Å². The van der Waals surface area contributed by atoms with Crippen molar-refractivity contribution in [2.45, 2.75) is 0 Å². The van der Waals surface area contributed by atoms with Crippen molar-refractivity contribution in [3.63, 3.8) is 0 Å². The number of fused-ring (bicyclic) bond motifs is 1. The number of hydrogen-bond acceptors (Lipinski definition) is 6. The molecule has 0 saturated carbocycles. The highest BCUT2D eigenvalue weighted by molar-refractivity contribution is 6.09. The Hall–Kier alpha value is -3.15. The maximum atomic E-state index is 12.3. The number of ketones is 1. The summed E-state index contributed by atoms with van der Waals surface area (Å²) in [7, 11) is 2.85. The summed E-state index contributed by atoms with van der Waals surface area (Å²) in [5.41, 5.74) is 0.914. The first-order valence-electron chi connectivity index (χ1n) is 7.20. The number of allylic oxidation sites excluding steroid dienone is 1. The first-order chi connectivity index (χ1) is 11.6. The summed E-state index contributed by atoms with van der Waals surface area (Å²) in [5, 5.41) is 10.2. The zero-order valence-electron chi connectivity index (χ0n) is 13.2. The number of phenols is 1. The molecule has 0 spiro atoms. The zero-order chi connectivity index (χ0) is 17.1. The Morgan fingerprint density at radius 3 is 2.67 bits per heavy atom. The van der Waals surface area contributed by atoms with E-state index >= 15 is 0 Å². The van der Waals surface area contributed by atoms with E-state index in [9.17, 15) is 9.90 Å². The van der Waals surface area contributed by atoms with Gasteiger partial charge in [0, 0.05) is 0 Å². The van der Waals surface area contributed by atoms with Crippen LogP contribution in [0.25, 0.3) is 6.08 Å². The number of aromatic hydroxyl groups is 1. The van der Waals surface area contributed by atoms with Gasteiger partial charge in [-0.05, 0) is 35.9 Å². The Labute approximate surface area is 138 Å². The number of phenolic OH excluding ortho intramolecular Hbond substituents is 1. The Kier molecular flexibility index (Phi) is 4.29. The molecule has 0 fully saturated rings. The Morgan fingerprint density at radius 2 is 1.92 bits per heavy atom. The smallest absolute Gasteiger partial charge is 0.231 e. The largest absolute Gasteiger partial charge is 0.504 e. The van der Waals surface area contributed by atoms with Crippen molar-refractivity contribution in [3.05, 3.63) is 47.5 Å². The summed E-state index contributed by atoms with van der Waals surface area (Å²) in [6, 6.07) is 8.43. The van der Waals surface area contributed by atoms with E-state index in [0.29, 0.717) is 17.2 Å². The highest BCUT2D eigenvalue weighted by atomic mass is 16.7. The minimum atomic E-state index is -0.355. The van der Waals surface area contributed by atoms with Crippen LogP contribution in [0.15, 0.2) is 36.4 Å². The maximum Gasteiger partial charge on any atom is 0.231 e. The predicted octanol–water partition coefficient (Wildman–Crippen LogP) is 3.03. The number of carbonyl (C=O) groups is 1. The highest BCUT2D eigenvalue weighted by Gasteiger charge is 2.18. The molecule has 1 N–H and O–H groups in total. The number of hydrogen-bond donors (Lipinski definition) is 1. The van der Waals surface area contributed by atoms with Crippen LogP contribution < -0.4 is 18.9 Å². The lowest BCUT2D eigenvalue weighted by molar-refractivity contribution is 0.104. The number of rotatable bonds is 5. The molecule has 6 nitrogen and oxygen atoms in total. The molecular weight excluding hydrogens is 312 g/mol. The lowest BCUT2D eigenvalue weighted by Crippen LogP contribution is -1.99. The number of ether oxygens (including phenoxy) is 4. The third-order valence-electron chi connectivity index (χ3n) is 3.61. The van der Waals surface area contributed by atoms with Gasteiger partial charge in [-0.2, -0.15) is 0 Å². The topological polar surface area (TPSA) is 74.2 Å². The van der Waals surface area contributed by atoms with E-state index in [-0.39, 0.29) is 29.6 Å². The molecule has 0 saturated heterocycles. The summed E-state index contributed by atoms with van der Waals surface area (Å²) in [6.07, 6.45) is 3.01. The number of methoxy groups -OCH3 is 2. The van der Waals surface area contributed by atoms with Gasteiger partial charge in [0.05, 0.1) is 19.8 Å². The third-order valence-corrected chi connectivity index (χ3v) is 3.61. The van der Waals surface area contributed by atoms with Gasteiger partial charge in [0.1, 0.15) is 0 Å². The van der Waals surface area contributed by atoms with E-state index in [1.807, 2.05) is 6.07 Å². The van der Waals surface area contributed by atoms with Gasteiger partial charge in [-0.15, -0.1) is 0 Å². The molecule has 0 amide bonds. The van der Waals surface area contributed by atoms with Crippen molar-refractivity contribution in [1.82, 2.24) is 0 Å². The van der Waals surface area contributed by atoms with E-state index in [0.717, 1.165) is 5.56 Å². The third kappa shape index (κ3) is 2.86. The molecule has 0 unspecified atom stereocenters. The van der Waals surface area contributed by atoms with Crippen LogP contribution in [0.1, 0.15) is 15.9 Å². The average Bonchev–Trinajstić information content (AvgIpc) is 3.06. The SMILES string of the molecule is COc1ccc(C(=O)/C=C/c2ccc3c(c2)OCO3)c(O)c1OC. The first kappa shape index (κ1) is 15.7. The molecule has 1 aliphatic heterocycles. The van der Waals surface area contributed by atoms with Gasteiger partial charge >= 0.3 is 0 Å². The molecule has 2 aromatic rings. The van der Waals surface area contributed by atoms with Crippen molar-refractivity contribution in [1.29, 1.82) is 0 Å². The van der Waals surface area contributed by atoms with Gasteiger partial charge in [-0.1, -0.05) is 12.1 Å². The second kappa shape index (κ2) is 6.54. The molecule has 1 heterocycles. The van der Waals surface area contributed by atoms with Gasteiger partial charge in [0.2, 0.25) is 12.5 Å². The summed E-state index contributed by atoms with van der Waals surface area (Å²) in [6.45, 7) is 0.195. The van der Waals surface area contributed by atoms with Crippen LogP contribution in [0.3, 0.4) is 0 Å². The van der Waals surface area contributed by atoms with Crippen molar-refractivity contribution < 1.29 is 28.8 Å². The molecule has 6 heteroatoms. The Bertz CT molecular complexity index is 809. The summed E-state index contributed by atoms with van der Waals surface area (Å²) < 4.78 is 20.7. The number of carbonyl (C=O) groups excluding carboxylic acids is 1. The summed E-state index contributed by atoms with van der Waals surface area (Å²) in [4.78, 5) is 12.3. The van der Waals surface area contributed by atoms with Gasteiger partial charge < -0.3 is 24.1 Å². The molecule has 0 atom stereocenters. The van der Waals surface area contributed by atoms with E-state index in [4.69, 9.17) is 18.9 Å². The van der Waals surface area contributed by atoms with Crippen LogP contribution in [0.4, 0.5) is 0 Å². The predicted molar refractivity (Wildman–Crippen MR) is 87.1 cm³/mol. The lowest BCUT2D eigenvalue weighted by atomic mass is 10.1. The number of benzene rings is 2. The van der Waals surface area contributed by atoms with Crippen molar-refractivity contribution in [2.75, 3.05) is 21.0 Å². The van der Waals surface area contributed by atoms with Gasteiger partial charge in [0.15, 0.2) is 28.8 Å². The fourth-order valence-electron chi connectivity index (χ4n) is 2.39. The van der Waals surface area contributed by atoms with Crippen LogP contribution in [0, 0.1) is 0 Å². The molecule has 124 valence electrons. The minimum absolute atomic E-state index is 0.125. The van der Waals surface area contributed by atoms with Crippen LogP contribution in [-0.2, 0) is 0 Å². The second-order valence-corrected chi connectivity index (χ2v) is 5.01. The molecule has 0 aromatic heterocycles. The average molecular weight is 328 g/mol. The molecule has 2 aromatic carbocycles. The monoisotopic (exact) mass is 328 g/mol. The van der Waals surface area contributed by atoms with Crippen molar-refractivity contribution in [3.8, 4) is 28.7 Å².